The minimum atomic E-state index is -3.60. The summed E-state index contributed by atoms with van der Waals surface area (Å²) in [5.74, 6) is -3.36. The number of amides is 1. The summed E-state index contributed by atoms with van der Waals surface area (Å²) in [6, 6.07) is 2.29. The second kappa shape index (κ2) is 5.72. The third-order valence-electron chi connectivity index (χ3n) is 2.92. The fourth-order valence-electron chi connectivity index (χ4n) is 1.96. The molecule has 1 aliphatic rings. The van der Waals surface area contributed by atoms with Crippen LogP contribution in [0.1, 0.15) is 29.7 Å². The Hall–Kier alpha value is -1.09. The number of thioether (sulfide) groups is 1. The second-order valence-electron chi connectivity index (χ2n) is 4.39. The van der Waals surface area contributed by atoms with Gasteiger partial charge in [-0.25, -0.2) is 12.7 Å². The highest BCUT2D eigenvalue weighted by molar-refractivity contribution is 7.98. The number of hydrogen-bond acceptors (Lipinski definition) is 5. The Bertz CT molecular complexity index is 599. The summed E-state index contributed by atoms with van der Waals surface area (Å²) in [5.41, 5.74) is 0. The van der Waals surface area contributed by atoms with Crippen molar-refractivity contribution in [2.75, 3.05) is 5.75 Å². The van der Waals surface area contributed by atoms with E-state index >= 15 is 0 Å². The largest absolute Gasteiger partial charge is 0.455 e. The van der Waals surface area contributed by atoms with Crippen LogP contribution in [0, 0.1) is 0 Å². The number of halogens is 2. The first-order valence-electron chi connectivity index (χ1n) is 5.86. The number of sulfonamides is 1. The molecule has 1 atom stereocenters. The predicted octanol–water partition coefficient (Wildman–Crippen LogP) is 2.30. The highest BCUT2D eigenvalue weighted by atomic mass is 32.2. The molecule has 0 saturated carbocycles. The standard InChI is InChI=1S/C11H13F2NO4S2/c1-7-4-5-20(16,17)14(7)10(15)9-3-2-8(18-9)6-19-11(12)13/h2-3,7,11H,4-6H2,1H3. The maximum absolute atomic E-state index is 12.1. The Balaban J connectivity index is 2.14. The van der Waals surface area contributed by atoms with Crippen LogP contribution in [0.3, 0.4) is 0 Å². The number of nitrogens with zero attached hydrogens (tertiary/aromatic N) is 1. The van der Waals surface area contributed by atoms with Gasteiger partial charge < -0.3 is 4.42 Å². The van der Waals surface area contributed by atoms with Crippen LogP contribution < -0.4 is 0 Å². The van der Waals surface area contributed by atoms with Gasteiger partial charge in [-0.2, -0.15) is 8.78 Å². The summed E-state index contributed by atoms with van der Waals surface area (Å²) in [6.45, 7) is 1.64. The maximum Gasteiger partial charge on any atom is 0.303 e. The number of carbonyl (C=O) groups is 1. The average molecular weight is 325 g/mol. The second-order valence-corrected chi connectivity index (χ2v) is 7.34. The Labute approximate surface area is 119 Å². The molecule has 0 bridgehead atoms. The molecule has 1 aromatic heterocycles. The highest BCUT2D eigenvalue weighted by Gasteiger charge is 2.39. The zero-order valence-corrected chi connectivity index (χ0v) is 12.2. The summed E-state index contributed by atoms with van der Waals surface area (Å²) >= 11 is 0.372. The number of furan rings is 1. The van der Waals surface area contributed by atoms with E-state index in [-0.39, 0.29) is 23.0 Å². The molecule has 1 amide bonds. The van der Waals surface area contributed by atoms with Crippen molar-refractivity contribution in [3.05, 3.63) is 23.7 Å². The summed E-state index contributed by atoms with van der Waals surface area (Å²) in [5, 5.41) is 0. The smallest absolute Gasteiger partial charge is 0.303 e. The maximum atomic E-state index is 12.1. The monoisotopic (exact) mass is 325 g/mol. The van der Waals surface area contributed by atoms with Crippen molar-refractivity contribution in [2.24, 2.45) is 0 Å². The van der Waals surface area contributed by atoms with Crippen LogP contribution in [0.2, 0.25) is 0 Å². The lowest BCUT2D eigenvalue weighted by atomic mass is 10.2. The van der Waals surface area contributed by atoms with Gasteiger partial charge in [-0.15, -0.1) is 0 Å². The van der Waals surface area contributed by atoms with E-state index in [0.29, 0.717) is 18.2 Å². The van der Waals surface area contributed by atoms with Crippen LogP contribution in [0.15, 0.2) is 16.5 Å². The summed E-state index contributed by atoms with van der Waals surface area (Å²) in [4.78, 5) is 12.1. The quantitative estimate of drug-likeness (QED) is 0.850. The fourth-order valence-corrected chi connectivity index (χ4v) is 4.24. The lowest BCUT2D eigenvalue weighted by Crippen LogP contribution is -2.37. The van der Waals surface area contributed by atoms with Crippen molar-refractivity contribution in [2.45, 2.75) is 30.9 Å². The Morgan fingerprint density at radius 2 is 2.25 bits per heavy atom. The molecule has 0 spiro atoms. The number of alkyl halides is 2. The number of hydrogen-bond donors (Lipinski definition) is 0. The first kappa shape index (κ1) is 15.3. The molecule has 9 heteroatoms. The fraction of sp³-hybridized carbons (Fsp3) is 0.545. The van der Waals surface area contributed by atoms with Gasteiger partial charge in [-0.3, -0.25) is 4.79 Å². The van der Waals surface area contributed by atoms with E-state index in [0.717, 1.165) is 4.31 Å². The van der Waals surface area contributed by atoms with Gasteiger partial charge in [0.25, 0.3) is 5.76 Å². The molecule has 0 aliphatic carbocycles. The Morgan fingerprint density at radius 1 is 1.55 bits per heavy atom. The van der Waals surface area contributed by atoms with Gasteiger partial charge in [-0.1, -0.05) is 11.8 Å². The van der Waals surface area contributed by atoms with E-state index in [1.807, 2.05) is 0 Å². The molecule has 2 rings (SSSR count). The van der Waals surface area contributed by atoms with E-state index in [1.54, 1.807) is 6.92 Å². The summed E-state index contributed by atoms with van der Waals surface area (Å²) in [7, 11) is -3.60. The van der Waals surface area contributed by atoms with Gasteiger partial charge in [0.15, 0.2) is 5.76 Å². The zero-order valence-electron chi connectivity index (χ0n) is 10.6. The van der Waals surface area contributed by atoms with E-state index in [4.69, 9.17) is 4.42 Å². The minimum Gasteiger partial charge on any atom is -0.455 e. The van der Waals surface area contributed by atoms with Crippen molar-refractivity contribution in [1.82, 2.24) is 4.31 Å². The number of carbonyl (C=O) groups excluding carboxylic acids is 1. The lowest BCUT2D eigenvalue weighted by Gasteiger charge is -2.18. The van der Waals surface area contributed by atoms with Crippen molar-refractivity contribution < 1.29 is 26.4 Å². The minimum absolute atomic E-state index is 0.0747. The molecular weight excluding hydrogens is 312 g/mol. The average Bonchev–Trinajstić information content (AvgIpc) is 2.91. The molecular formula is C11H13F2NO4S2. The van der Waals surface area contributed by atoms with Gasteiger partial charge in [0.2, 0.25) is 10.0 Å². The molecule has 1 saturated heterocycles. The van der Waals surface area contributed by atoms with Crippen LogP contribution in [0.5, 0.6) is 0 Å². The highest BCUT2D eigenvalue weighted by Crippen LogP contribution is 2.26. The molecule has 0 radical (unpaired) electrons. The molecule has 2 heterocycles. The van der Waals surface area contributed by atoms with E-state index in [1.165, 1.54) is 12.1 Å². The van der Waals surface area contributed by atoms with Crippen molar-refractivity contribution in [3.63, 3.8) is 0 Å². The third kappa shape index (κ3) is 3.14. The number of rotatable bonds is 4. The van der Waals surface area contributed by atoms with E-state index in [2.05, 4.69) is 0 Å². The van der Waals surface area contributed by atoms with Crippen molar-refractivity contribution in [1.29, 1.82) is 0 Å². The lowest BCUT2D eigenvalue weighted by molar-refractivity contribution is 0.0807. The van der Waals surface area contributed by atoms with Crippen LogP contribution in [-0.2, 0) is 15.8 Å². The predicted molar refractivity (Wildman–Crippen MR) is 70.0 cm³/mol. The van der Waals surface area contributed by atoms with Crippen LogP contribution in [-0.4, -0.2) is 36.2 Å². The Morgan fingerprint density at radius 3 is 2.80 bits per heavy atom. The zero-order chi connectivity index (χ0) is 14.9. The molecule has 20 heavy (non-hydrogen) atoms. The molecule has 1 unspecified atom stereocenters. The van der Waals surface area contributed by atoms with Gasteiger partial charge in [0.05, 0.1) is 11.5 Å². The molecule has 112 valence electrons. The van der Waals surface area contributed by atoms with Crippen molar-refractivity contribution in [3.8, 4) is 0 Å². The molecule has 1 fully saturated rings. The SMILES string of the molecule is CC1CCS(=O)(=O)N1C(=O)c1ccc(CSC(F)F)o1. The summed E-state index contributed by atoms with van der Waals surface area (Å²) in [6.07, 6.45) is 0.378. The Kier molecular flexibility index (Phi) is 4.38. The van der Waals surface area contributed by atoms with Crippen LogP contribution >= 0.6 is 11.8 Å². The molecule has 0 N–H and O–H groups in total. The molecule has 0 aromatic carbocycles. The normalized spacial score (nSPS) is 21.6. The van der Waals surface area contributed by atoms with Crippen LogP contribution in [0.25, 0.3) is 0 Å². The first-order valence-corrected chi connectivity index (χ1v) is 8.52. The van der Waals surface area contributed by atoms with Crippen LogP contribution in [0.4, 0.5) is 8.78 Å². The van der Waals surface area contributed by atoms with Gasteiger partial charge >= 0.3 is 5.91 Å². The van der Waals surface area contributed by atoms with E-state index in [9.17, 15) is 22.0 Å². The van der Waals surface area contributed by atoms with E-state index < -0.39 is 27.7 Å². The third-order valence-corrected chi connectivity index (χ3v) is 5.50. The topological polar surface area (TPSA) is 67.6 Å². The van der Waals surface area contributed by atoms with Gasteiger partial charge in [-0.05, 0) is 25.5 Å². The summed E-state index contributed by atoms with van der Waals surface area (Å²) < 4.78 is 53.6. The van der Waals surface area contributed by atoms with Crippen molar-refractivity contribution >= 4 is 27.7 Å². The molecule has 5 nitrogen and oxygen atoms in total. The first-order chi connectivity index (χ1) is 9.31. The molecule has 1 aromatic rings. The van der Waals surface area contributed by atoms with Gasteiger partial charge in [0.1, 0.15) is 5.76 Å². The molecule has 1 aliphatic heterocycles. The van der Waals surface area contributed by atoms with Gasteiger partial charge in [0, 0.05) is 6.04 Å².